The molecule has 3 atom stereocenters. The van der Waals surface area contributed by atoms with Gasteiger partial charge in [0.2, 0.25) is 5.91 Å². The maximum Gasteiger partial charge on any atom is 0.255 e. The first kappa shape index (κ1) is 19.9. The summed E-state index contributed by atoms with van der Waals surface area (Å²) in [6.45, 7) is 6.60. The van der Waals surface area contributed by atoms with Gasteiger partial charge in [0.05, 0.1) is 0 Å². The van der Waals surface area contributed by atoms with Crippen LogP contribution in [-0.4, -0.2) is 64.4 Å². The molecular weight excluding hydrogens is 398 g/mol. The van der Waals surface area contributed by atoms with E-state index in [1.165, 1.54) is 24.3 Å². The van der Waals surface area contributed by atoms with Crippen LogP contribution in [-0.2, 0) is 11.3 Å². The van der Waals surface area contributed by atoms with Crippen LogP contribution >= 0.6 is 11.8 Å². The van der Waals surface area contributed by atoms with Gasteiger partial charge in [0, 0.05) is 48.4 Å². The van der Waals surface area contributed by atoms with Crippen molar-refractivity contribution in [3.8, 4) is 5.75 Å². The number of nitrogens with zero attached hydrogens (tertiary/aromatic N) is 2. The Kier molecular flexibility index (Phi) is 5.50. The number of piperidine rings is 1. The average molecular weight is 428 g/mol. The Labute approximate surface area is 182 Å². The molecule has 0 radical (unpaired) electrons. The number of fused-ring (bicyclic) bond motifs is 1. The van der Waals surface area contributed by atoms with E-state index in [0.29, 0.717) is 31.0 Å². The van der Waals surface area contributed by atoms with E-state index in [-0.39, 0.29) is 17.9 Å². The molecule has 160 valence electrons. The Morgan fingerprint density at radius 2 is 1.97 bits per heavy atom. The zero-order chi connectivity index (χ0) is 20.7. The first-order valence-corrected chi connectivity index (χ1v) is 12.2. The van der Waals surface area contributed by atoms with Gasteiger partial charge in [-0.05, 0) is 55.9 Å². The van der Waals surface area contributed by atoms with Crippen molar-refractivity contribution < 1.29 is 14.3 Å². The molecule has 1 unspecified atom stereocenters. The number of amides is 2. The number of thioether (sulfide) groups is 1. The van der Waals surface area contributed by atoms with E-state index in [1.807, 2.05) is 30.0 Å². The molecule has 0 spiro atoms. The number of benzene rings is 1. The predicted octanol–water partition coefficient (Wildman–Crippen LogP) is 2.78. The van der Waals surface area contributed by atoms with Crippen molar-refractivity contribution in [3.05, 3.63) is 41.6 Å². The first-order chi connectivity index (χ1) is 14.6. The molecule has 4 aliphatic rings. The fraction of sp³-hybridized carbons (Fsp3) is 0.565. The van der Waals surface area contributed by atoms with Gasteiger partial charge in [0.25, 0.3) is 5.91 Å². The van der Waals surface area contributed by atoms with Crippen LogP contribution in [0.25, 0.3) is 0 Å². The van der Waals surface area contributed by atoms with E-state index in [9.17, 15) is 9.59 Å². The lowest BCUT2D eigenvalue weighted by atomic mass is 10.0. The lowest BCUT2D eigenvalue weighted by molar-refractivity contribution is -0.126. The normalized spacial score (nSPS) is 29.8. The minimum Gasteiger partial charge on any atom is -0.489 e. The summed E-state index contributed by atoms with van der Waals surface area (Å²) in [7, 11) is 0. The van der Waals surface area contributed by atoms with Crippen molar-refractivity contribution in [2.75, 3.05) is 24.6 Å². The summed E-state index contributed by atoms with van der Waals surface area (Å²) in [5, 5.41) is 2.79. The van der Waals surface area contributed by atoms with E-state index in [2.05, 4.69) is 16.8 Å². The highest BCUT2D eigenvalue weighted by molar-refractivity contribution is 7.99. The molecule has 3 aliphatic heterocycles. The zero-order valence-electron chi connectivity index (χ0n) is 17.3. The number of ether oxygens (including phenoxy) is 1. The second-order valence-corrected chi connectivity index (χ2v) is 9.93. The summed E-state index contributed by atoms with van der Waals surface area (Å²) in [5.74, 6) is 3.07. The van der Waals surface area contributed by atoms with Gasteiger partial charge in [0.1, 0.15) is 17.9 Å². The highest BCUT2D eigenvalue weighted by Gasteiger charge is 2.39. The number of rotatable bonds is 4. The Hall–Kier alpha value is -1.99. The van der Waals surface area contributed by atoms with E-state index in [0.717, 1.165) is 36.5 Å². The minimum absolute atomic E-state index is 0.0613. The molecule has 6 nitrogen and oxygen atoms in total. The van der Waals surface area contributed by atoms with Crippen LogP contribution in [0.2, 0.25) is 0 Å². The molecule has 1 aromatic rings. The summed E-state index contributed by atoms with van der Waals surface area (Å²) in [4.78, 5) is 29.6. The van der Waals surface area contributed by atoms with Crippen molar-refractivity contribution in [2.24, 2.45) is 0 Å². The Balaban J connectivity index is 1.28. The Morgan fingerprint density at radius 1 is 1.13 bits per heavy atom. The third-order valence-corrected chi connectivity index (χ3v) is 7.77. The monoisotopic (exact) mass is 427 g/mol. The number of carbonyl (C=O) groups excluding carboxylic acids is 2. The molecule has 3 heterocycles. The molecule has 0 aromatic heterocycles. The van der Waals surface area contributed by atoms with Crippen molar-refractivity contribution in [3.63, 3.8) is 0 Å². The van der Waals surface area contributed by atoms with E-state index < -0.39 is 6.04 Å². The Bertz CT molecular complexity index is 867. The topological polar surface area (TPSA) is 61.9 Å². The lowest BCUT2D eigenvalue weighted by Gasteiger charge is -2.35. The van der Waals surface area contributed by atoms with Crippen LogP contribution < -0.4 is 10.1 Å². The molecule has 7 heteroatoms. The summed E-state index contributed by atoms with van der Waals surface area (Å²) in [6, 6.07) is 5.87. The van der Waals surface area contributed by atoms with Crippen molar-refractivity contribution >= 4 is 23.6 Å². The van der Waals surface area contributed by atoms with Gasteiger partial charge >= 0.3 is 0 Å². The van der Waals surface area contributed by atoms with Gasteiger partial charge in [-0.2, -0.15) is 11.8 Å². The number of carbonyl (C=O) groups is 2. The van der Waals surface area contributed by atoms with E-state index in [1.54, 1.807) is 4.90 Å². The van der Waals surface area contributed by atoms with Gasteiger partial charge in [-0.15, -0.1) is 0 Å². The highest BCUT2D eigenvalue weighted by atomic mass is 32.2. The van der Waals surface area contributed by atoms with E-state index in [4.69, 9.17) is 4.74 Å². The SMILES string of the molecule is C=C1CCC(N2Cc3cc(O[C@H]4CCC[C@@H]4N4CCSCC4)ccc3C2=O)C(=O)N1. The second-order valence-electron chi connectivity index (χ2n) is 8.70. The van der Waals surface area contributed by atoms with Crippen LogP contribution in [0, 0.1) is 0 Å². The first-order valence-electron chi connectivity index (χ1n) is 11.0. The smallest absolute Gasteiger partial charge is 0.255 e. The summed E-state index contributed by atoms with van der Waals surface area (Å²) in [6.07, 6.45) is 5.05. The number of nitrogens with one attached hydrogen (secondary N) is 1. The summed E-state index contributed by atoms with van der Waals surface area (Å²) < 4.78 is 6.45. The Morgan fingerprint density at radius 3 is 2.77 bits per heavy atom. The molecule has 0 bridgehead atoms. The quantitative estimate of drug-likeness (QED) is 0.801. The number of allylic oxidation sites excluding steroid dienone is 1. The van der Waals surface area contributed by atoms with Crippen molar-refractivity contribution in [2.45, 2.75) is 56.8 Å². The highest BCUT2D eigenvalue weighted by Crippen LogP contribution is 2.34. The van der Waals surface area contributed by atoms with Gasteiger partial charge in [0.15, 0.2) is 0 Å². The number of hydrogen-bond acceptors (Lipinski definition) is 5. The average Bonchev–Trinajstić information content (AvgIpc) is 3.33. The fourth-order valence-electron chi connectivity index (χ4n) is 5.25. The van der Waals surface area contributed by atoms with Gasteiger partial charge in [-0.25, -0.2) is 0 Å². The van der Waals surface area contributed by atoms with Gasteiger partial charge in [-0.3, -0.25) is 14.5 Å². The summed E-state index contributed by atoms with van der Waals surface area (Å²) >= 11 is 2.04. The van der Waals surface area contributed by atoms with E-state index >= 15 is 0 Å². The molecule has 3 fully saturated rings. The maximum atomic E-state index is 12.9. The van der Waals surface area contributed by atoms with Gasteiger partial charge in [-0.1, -0.05) is 6.58 Å². The van der Waals surface area contributed by atoms with Crippen molar-refractivity contribution in [1.29, 1.82) is 0 Å². The molecule has 1 saturated carbocycles. The third-order valence-electron chi connectivity index (χ3n) is 6.83. The van der Waals surface area contributed by atoms with Gasteiger partial charge < -0.3 is 15.0 Å². The molecule has 5 rings (SSSR count). The minimum atomic E-state index is -0.420. The number of hydrogen-bond donors (Lipinski definition) is 1. The molecular formula is C23H29N3O3S. The molecule has 1 aromatic carbocycles. The van der Waals surface area contributed by atoms with Crippen LogP contribution in [0.4, 0.5) is 0 Å². The maximum absolute atomic E-state index is 12.9. The largest absolute Gasteiger partial charge is 0.489 e. The van der Waals surface area contributed by atoms with Crippen LogP contribution in [0.15, 0.2) is 30.5 Å². The lowest BCUT2D eigenvalue weighted by Crippen LogP contribution is -2.49. The zero-order valence-corrected chi connectivity index (χ0v) is 18.1. The van der Waals surface area contributed by atoms with Crippen LogP contribution in [0.5, 0.6) is 5.75 Å². The third kappa shape index (κ3) is 3.73. The van der Waals surface area contributed by atoms with Crippen LogP contribution in [0.3, 0.4) is 0 Å². The molecule has 1 N–H and O–H groups in total. The molecule has 2 saturated heterocycles. The second kappa shape index (κ2) is 8.27. The fourth-order valence-corrected chi connectivity index (χ4v) is 6.18. The molecule has 30 heavy (non-hydrogen) atoms. The molecule has 1 aliphatic carbocycles. The standard InChI is InChI=1S/C23H29N3O3S/c1-15-5-8-20(22(27)24-15)26-14-16-13-17(6-7-18(16)23(26)28)29-21-4-2-3-19(21)25-9-11-30-12-10-25/h6-7,13,19-21H,1-5,8-12,14H2,(H,24,27)/t19-,20?,21-/m0/s1. The molecule has 2 amide bonds. The van der Waals surface area contributed by atoms with Crippen molar-refractivity contribution in [1.82, 2.24) is 15.1 Å². The summed E-state index contributed by atoms with van der Waals surface area (Å²) in [5.41, 5.74) is 2.38. The van der Waals surface area contributed by atoms with Crippen LogP contribution in [0.1, 0.15) is 48.0 Å². The predicted molar refractivity (Wildman–Crippen MR) is 118 cm³/mol.